The molecule has 0 aliphatic heterocycles. The molecule has 1 aliphatic rings. The van der Waals surface area contributed by atoms with E-state index in [0.717, 1.165) is 29.0 Å². The number of carbonyl (C=O) groups is 1. The summed E-state index contributed by atoms with van der Waals surface area (Å²) in [6, 6.07) is 15.3. The summed E-state index contributed by atoms with van der Waals surface area (Å²) in [5.41, 5.74) is 1.95. The van der Waals surface area contributed by atoms with Crippen LogP contribution < -0.4 is 4.74 Å². The number of Topliss-reactive ketones (excluding diaryl/α,β-unsaturated/α-hetero) is 1. The molecule has 0 bridgehead atoms. The SMILES string of the molecule is O=C1CCc2ccc(Oc3ccccc3)cc21. The van der Waals surface area contributed by atoms with E-state index >= 15 is 0 Å². The molecule has 0 radical (unpaired) electrons. The van der Waals surface area contributed by atoms with Gasteiger partial charge in [0.2, 0.25) is 0 Å². The van der Waals surface area contributed by atoms with Gasteiger partial charge < -0.3 is 4.74 Å². The average Bonchev–Trinajstić information content (AvgIpc) is 2.73. The van der Waals surface area contributed by atoms with Crippen LogP contribution in [0.2, 0.25) is 0 Å². The van der Waals surface area contributed by atoms with E-state index in [1.165, 1.54) is 0 Å². The lowest BCUT2D eigenvalue weighted by Gasteiger charge is -2.06. The summed E-state index contributed by atoms with van der Waals surface area (Å²) in [7, 11) is 0. The van der Waals surface area contributed by atoms with Crippen LogP contribution in [0.1, 0.15) is 22.3 Å². The second kappa shape index (κ2) is 4.06. The fraction of sp³-hybridized carbons (Fsp3) is 0.133. The average molecular weight is 224 g/mol. The monoisotopic (exact) mass is 224 g/mol. The van der Waals surface area contributed by atoms with E-state index in [0.29, 0.717) is 6.42 Å². The van der Waals surface area contributed by atoms with Crippen LogP contribution in [0.3, 0.4) is 0 Å². The summed E-state index contributed by atoms with van der Waals surface area (Å²) in [6.07, 6.45) is 1.49. The number of fused-ring (bicyclic) bond motifs is 1. The predicted molar refractivity (Wildman–Crippen MR) is 65.6 cm³/mol. The molecular formula is C15H12O2. The number of aryl methyl sites for hydroxylation is 1. The Morgan fingerprint density at radius 2 is 1.71 bits per heavy atom. The molecule has 0 unspecified atom stereocenters. The Morgan fingerprint density at radius 1 is 0.882 bits per heavy atom. The highest BCUT2D eigenvalue weighted by molar-refractivity contribution is 6.00. The van der Waals surface area contributed by atoms with Crippen LogP contribution >= 0.6 is 0 Å². The van der Waals surface area contributed by atoms with Crippen molar-refractivity contribution in [2.24, 2.45) is 0 Å². The smallest absolute Gasteiger partial charge is 0.163 e. The zero-order valence-corrected chi connectivity index (χ0v) is 9.35. The lowest BCUT2D eigenvalue weighted by Crippen LogP contribution is -1.92. The van der Waals surface area contributed by atoms with Crippen molar-refractivity contribution >= 4 is 5.78 Å². The van der Waals surface area contributed by atoms with Gasteiger partial charge in [-0.2, -0.15) is 0 Å². The molecule has 0 saturated carbocycles. The van der Waals surface area contributed by atoms with Crippen LogP contribution in [-0.4, -0.2) is 5.78 Å². The van der Waals surface area contributed by atoms with Crippen molar-refractivity contribution in [3.63, 3.8) is 0 Å². The third-order valence-corrected chi connectivity index (χ3v) is 2.98. The summed E-state index contributed by atoms with van der Waals surface area (Å²) in [5, 5.41) is 0. The number of hydrogen-bond acceptors (Lipinski definition) is 2. The number of hydrogen-bond donors (Lipinski definition) is 0. The molecule has 17 heavy (non-hydrogen) atoms. The maximum Gasteiger partial charge on any atom is 0.163 e. The molecule has 0 saturated heterocycles. The van der Waals surface area contributed by atoms with Gasteiger partial charge in [0.1, 0.15) is 11.5 Å². The number of ketones is 1. The molecule has 0 aromatic heterocycles. The second-order valence-corrected chi connectivity index (χ2v) is 4.16. The van der Waals surface area contributed by atoms with E-state index in [4.69, 9.17) is 4.74 Å². The minimum atomic E-state index is 0.221. The molecule has 0 fully saturated rings. The van der Waals surface area contributed by atoms with Crippen LogP contribution in [0.15, 0.2) is 48.5 Å². The Labute approximate surface area is 99.9 Å². The predicted octanol–water partition coefficient (Wildman–Crippen LogP) is 3.61. The first-order valence-electron chi connectivity index (χ1n) is 5.72. The molecule has 0 spiro atoms. The van der Waals surface area contributed by atoms with Gasteiger partial charge in [0.25, 0.3) is 0 Å². The van der Waals surface area contributed by atoms with Crippen LogP contribution in [-0.2, 0) is 6.42 Å². The van der Waals surface area contributed by atoms with Gasteiger partial charge >= 0.3 is 0 Å². The molecule has 84 valence electrons. The number of rotatable bonds is 2. The highest BCUT2D eigenvalue weighted by atomic mass is 16.5. The van der Waals surface area contributed by atoms with Gasteiger partial charge in [-0.1, -0.05) is 24.3 Å². The Hall–Kier alpha value is -2.09. The third kappa shape index (κ3) is 1.94. The van der Waals surface area contributed by atoms with E-state index in [-0.39, 0.29) is 5.78 Å². The van der Waals surface area contributed by atoms with Crippen LogP contribution in [0.25, 0.3) is 0 Å². The third-order valence-electron chi connectivity index (χ3n) is 2.98. The molecule has 0 N–H and O–H groups in total. The molecule has 0 amide bonds. The topological polar surface area (TPSA) is 26.3 Å². The van der Waals surface area contributed by atoms with E-state index in [1.807, 2.05) is 48.5 Å². The molecular weight excluding hydrogens is 212 g/mol. The molecule has 2 nitrogen and oxygen atoms in total. The number of carbonyl (C=O) groups excluding carboxylic acids is 1. The van der Waals surface area contributed by atoms with Gasteiger partial charge in [0, 0.05) is 12.0 Å². The molecule has 0 atom stereocenters. The van der Waals surface area contributed by atoms with E-state index in [9.17, 15) is 4.79 Å². The maximum absolute atomic E-state index is 11.6. The largest absolute Gasteiger partial charge is 0.457 e. The van der Waals surface area contributed by atoms with E-state index in [1.54, 1.807) is 0 Å². The van der Waals surface area contributed by atoms with Crippen molar-refractivity contribution in [1.29, 1.82) is 0 Å². The normalized spacial score (nSPS) is 13.5. The first-order chi connectivity index (χ1) is 8.33. The maximum atomic E-state index is 11.6. The molecule has 2 heteroatoms. The molecule has 2 aromatic carbocycles. The fourth-order valence-corrected chi connectivity index (χ4v) is 2.10. The van der Waals surface area contributed by atoms with E-state index in [2.05, 4.69) is 0 Å². The summed E-state index contributed by atoms with van der Waals surface area (Å²) < 4.78 is 5.70. The number of ether oxygens (including phenoxy) is 1. The quantitative estimate of drug-likeness (QED) is 0.779. The van der Waals surface area contributed by atoms with Crippen molar-refractivity contribution in [3.8, 4) is 11.5 Å². The molecule has 1 aliphatic carbocycles. The van der Waals surface area contributed by atoms with Crippen molar-refractivity contribution in [2.45, 2.75) is 12.8 Å². The fourth-order valence-electron chi connectivity index (χ4n) is 2.10. The summed E-state index contributed by atoms with van der Waals surface area (Å²) in [5.74, 6) is 1.74. The summed E-state index contributed by atoms with van der Waals surface area (Å²) in [6.45, 7) is 0. The number of para-hydroxylation sites is 1. The summed E-state index contributed by atoms with van der Waals surface area (Å²) >= 11 is 0. The highest BCUT2D eigenvalue weighted by Crippen LogP contribution is 2.28. The van der Waals surface area contributed by atoms with Crippen molar-refractivity contribution in [1.82, 2.24) is 0 Å². The Balaban J connectivity index is 1.90. The lowest BCUT2D eigenvalue weighted by molar-refractivity contribution is 0.0994. The van der Waals surface area contributed by atoms with Gasteiger partial charge in [-0.15, -0.1) is 0 Å². The Kier molecular flexibility index (Phi) is 2.41. The summed E-state index contributed by atoms with van der Waals surface area (Å²) in [4.78, 5) is 11.6. The van der Waals surface area contributed by atoms with Crippen LogP contribution in [0.4, 0.5) is 0 Å². The van der Waals surface area contributed by atoms with Gasteiger partial charge in [-0.3, -0.25) is 4.79 Å². The standard InChI is InChI=1S/C15H12O2/c16-15-9-7-11-6-8-13(10-14(11)15)17-12-4-2-1-3-5-12/h1-6,8,10H,7,9H2. The van der Waals surface area contributed by atoms with Crippen LogP contribution in [0, 0.1) is 0 Å². The van der Waals surface area contributed by atoms with Gasteiger partial charge in [0.05, 0.1) is 0 Å². The zero-order chi connectivity index (χ0) is 11.7. The molecule has 2 aromatic rings. The van der Waals surface area contributed by atoms with Gasteiger partial charge in [-0.25, -0.2) is 0 Å². The van der Waals surface area contributed by atoms with Gasteiger partial charge in [0.15, 0.2) is 5.78 Å². The Bertz CT molecular complexity index is 558. The van der Waals surface area contributed by atoms with Gasteiger partial charge in [-0.05, 0) is 36.2 Å². The molecule has 3 rings (SSSR count). The van der Waals surface area contributed by atoms with Crippen molar-refractivity contribution in [3.05, 3.63) is 59.7 Å². The zero-order valence-electron chi connectivity index (χ0n) is 9.35. The van der Waals surface area contributed by atoms with E-state index < -0.39 is 0 Å². The molecule has 0 heterocycles. The first kappa shape index (κ1) is 10.1. The van der Waals surface area contributed by atoms with Crippen molar-refractivity contribution in [2.75, 3.05) is 0 Å². The van der Waals surface area contributed by atoms with Crippen LogP contribution in [0.5, 0.6) is 11.5 Å². The lowest BCUT2D eigenvalue weighted by atomic mass is 10.1. The minimum Gasteiger partial charge on any atom is -0.457 e. The highest BCUT2D eigenvalue weighted by Gasteiger charge is 2.19. The Morgan fingerprint density at radius 3 is 2.53 bits per heavy atom. The van der Waals surface area contributed by atoms with Crippen molar-refractivity contribution < 1.29 is 9.53 Å². The first-order valence-corrected chi connectivity index (χ1v) is 5.72. The minimum absolute atomic E-state index is 0.221. The second-order valence-electron chi connectivity index (χ2n) is 4.16. The number of benzene rings is 2.